The van der Waals surface area contributed by atoms with Crippen LogP contribution in [-0.2, 0) is 0 Å². The van der Waals surface area contributed by atoms with Gasteiger partial charge in [0, 0.05) is 37.7 Å². The van der Waals surface area contributed by atoms with Gasteiger partial charge in [0.2, 0.25) is 0 Å². The summed E-state index contributed by atoms with van der Waals surface area (Å²) in [5, 5.41) is 6.13. The average Bonchev–Trinajstić information content (AvgIpc) is 2.69. The van der Waals surface area contributed by atoms with Crippen molar-refractivity contribution in [2.45, 2.75) is 39.7 Å². The first-order chi connectivity index (χ1) is 13.0. The third kappa shape index (κ3) is 5.00. The lowest BCUT2D eigenvalue weighted by Crippen LogP contribution is -2.42. The first-order valence-corrected chi connectivity index (χ1v) is 9.80. The summed E-state index contributed by atoms with van der Waals surface area (Å²) in [6, 6.07) is 10.3. The zero-order valence-electron chi connectivity index (χ0n) is 16.5. The Morgan fingerprint density at radius 1 is 1.19 bits per heavy atom. The smallest absolute Gasteiger partial charge is 0.315 e. The number of aromatic nitrogens is 1. The zero-order chi connectivity index (χ0) is 19.2. The van der Waals surface area contributed by atoms with Gasteiger partial charge in [-0.3, -0.25) is 4.98 Å². The number of aryl methyl sites for hydroxylation is 1. The van der Waals surface area contributed by atoms with Crippen molar-refractivity contribution in [2.24, 2.45) is 5.92 Å². The van der Waals surface area contributed by atoms with E-state index in [1.807, 2.05) is 25.4 Å². The van der Waals surface area contributed by atoms with Gasteiger partial charge in [-0.1, -0.05) is 18.2 Å². The minimum absolute atomic E-state index is 0.00145. The topological polar surface area (TPSA) is 57.3 Å². The lowest BCUT2D eigenvalue weighted by atomic mass is 9.96. The molecule has 2 N–H and O–H groups in total. The molecule has 0 radical (unpaired) electrons. The van der Waals surface area contributed by atoms with Gasteiger partial charge in [-0.05, 0) is 68.4 Å². The van der Waals surface area contributed by atoms with Gasteiger partial charge in [0.05, 0.1) is 6.04 Å². The maximum absolute atomic E-state index is 12.3. The monoisotopic (exact) mass is 366 g/mol. The molecular weight excluding hydrogens is 336 g/mol. The van der Waals surface area contributed by atoms with Crippen LogP contribution >= 0.6 is 0 Å². The van der Waals surface area contributed by atoms with E-state index in [-0.39, 0.29) is 12.1 Å². The van der Waals surface area contributed by atoms with Crippen molar-refractivity contribution in [2.75, 3.05) is 24.5 Å². The van der Waals surface area contributed by atoms with Crippen LogP contribution in [0.4, 0.5) is 10.5 Å². The Kier molecular flexibility index (Phi) is 6.32. The number of urea groups is 1. The Morgan fingerprint density at radius 3 is 2.59 bits per heavy atom. The van der Waals surface area contributed by atoms with Gasteiger partial charge in [0.15, 0.2) is 0 Å². The molecule has 5 heteroatoms. The fraction of sp³-hybridized carbons (Fsp3) is 0.455. The highest BCUT2D eigenvalue weighted by molar-refractivity contribution is 5.74. The minimum Gasteiger partial charge on any atom is -0.371 e. The summed E-state index contributed by atoms with van der Waals surface area (Å²) in [6.45, 7) is 9.03. The summed E-state index contributed by atoms with van der Waals surface area (Å²) in [4.78, 5) is 18.8. The maximum atomic E-state index is 12.3. The largest absolute Gasteiger partial charge is 0.371 e. The van der Waals surface area contributed by atoms with Gasteiger partial charge >= 0.3 is 6.03 Å². The van der Waals surface area contributed by atoms with Gasteiger partial charge in [-0.2, -0.15) is 0 Å². The number of hydrogen-bond acceptors (Lipinski definition) is 3. The highest BCUT2D eigenvalue weighted by Crippen LogP contribution is 2.22. The van der Waals surface area contributed by atoms with Crippen LogP contribution < -0.4 is 15.5 Å². The van der Waals surface area contributed by atoms with Crippen LogP contribution in [0, 0.1) is 19.8 Å². The number of nitrogens with one attached hydrogen (secondary N) is 2. The van der Waals surface area contributed by atoms with E-state index < -0.39 is 0 Å². The lowest BCUT2D eigenvalue weighted by molar-refractivity contribution is 0.234. The fourth-order valence-corrected chi connectivity index (χ4v) is 3.76. The SMILES string of the molecule is Cc1cccc(C(C)NC(=O)NCC2CCN(c3ccncc3)CC2)c1C. The van der Waals surface area contributed by atoms with Crippen LogP contribution in [0.3, 0.4) is 0 Å². The number of amides is 2. The Balaban J connectivity index is 1.43. The summed E-state index contributed by atoms with van der Waals surface area (Å²) in [6.07, 6.45) is 5.86. The maximum Gasteiger partial charge on any atom is 0.315 e. The molecule has 1 aliphatic rings. The lowest BCUT2D eigenvalue weighted by Gasteiger charge is -2.33. The van der Waals surface area contributed by atoms with Crippen LogP contribution in [0.25, 0.3) is 0 Å². The second kappa shape index (κ2) is 8.89. The number of anilines is 1. The highest BCUT2D eigenvalue weighted by Gasteiger charge is 2.20. The summed E-state index contributed by atoms with van der Waals surface area (Å²) in [5.41, 5.74) is 4.91. The van der Waals surface area contributed by atoms with Gasteiger partial charge in [0.1, 0.15) is 0 Å². The normalized spacial score (nSPS) is 16.0. The number of piperidine rings is 1. The average molecular weight is 367 g/mol. The van der Waals surface area contributed by atoms with Crippen LogP contribution in [0.5, 0.6) is 0 Å². The molecule has 1 aromatic carbocycles. The predicted molar refractivity (Wildman–Crippen MR) is 110 cm³/mol. The van der Waals surface area contributed by atoms with E-state index >= 15 is 0 Å². The van der Waals surface area contributed by atoms with E-state index in [4.69, 9.17) is 0 Å². The van der Waals surface area contributed by atoms with E-state index in [2.05, 4.69) is 58.6 Å². The molecular formula is C22H30N4O. The summed E-state index contributed by atoms with van der Waals surface area (Å²) >= 11 is 0. The summed E-state index contributed by atoms with van der Waals surface area (Å²) < 4.78 is 0. The molecule has 27 heavy (non-hydrogen) atoms. The van der Waals surface area contributed by atoms with Gasteiger partial charge in [-0.15, -0.1) is 0 Å². The van der Waals surface area contributed by atoms with Crippen molar-refractivity contribution in [3.05, 3.63) is 59.4 Å². The number of carbonyl (C=O) groups is 1. The molecule has 2 aromatic rings. The fourth-order valence-electron chi connectivity index (χ4n) is 3.76. The van der Waals surface area contributed by atoms with E-state index in [0.717, 1.165) is 32.5 Å². The summed E-state index contributed by atoms with van der Waals surface area (Å²) in [5.74, 6) is 0.532. The molecule has 0 bridgehead atoms. The van der Waals surface area contributed by atoms with E-state index in [1.165, 1.54) is 22.4 Å². The van der Waals surface area contributed by atoms with Crippen molar-refractivity contribution in [3.8, 4) is 0 Å². The zero-order valence-corrected chi connectivity index (χ0v) is 16.5. The number of pyridine rings is 1. The standard InChI is InChI=1S/C22H30N4O/c1-16-5-4-6-21(17(16)2)18(3)25-22(27)24-15-19-9-13-26(14-10-19)20-7-11-23-12-8-20/h4-8,11-12,18-19H,9-10,13-15H2,1-3H3,(H2,24,25,27). The number of benzene rings is 1. The van der Waals surface area contributed by atoms with Crippen LogP contribution in [-0.4, -0.2) is 30.6 Å². The Hall–Kier alpha value is -2.56. The Bertz CT molecular complexity index is 754. The Labute approximate surface area is 162 Å². The summed E-state index contributed by atoms with van der Waals surface area (Å²) in [7, 11) is 0. The van der Waals surface area contributed by atoms with E-state index in [1.54, 1.807) is 0 Å². The van der Waals surface area contributed by atoms with Crippen LogP contribution in [0.2, 0.25) is 0 Å². The van der Waals surface area contributed by atoms with E-state index in [0.29, 0.717) is 5.92 Å². The third-order valence-corrected chi connectivity index (χ3v) is 5.65. The molecule has 144 valence electrons. The molecule has 0 aliphatic carbocycles. The van der Waals surface area contributed by atoms with Gasteiger partial charge in [0.25, 0.3) is 0 Å². The van der Waals surface area contributed by atoms with Crippen molar-refractivity contribution < 1.29 is 4.79 Å². The number of hydrogen-bond donors (Lipinski definition) is 2. The molecule has 1 aromatic heterocycles. The molecule has 0 saturated carbocycles. The van der Waals surface area contributed by atoms with Gasteiger partial charge < -0.3 is 15.5 Å². The molecule has 5 nitrogen and oxygen atoms in total. The molecule has 2 amide bonds. The predicted octanol–water partition coefficient (Wildman–Crippen LogP) is 3.98. The van der Waals surface area contributed by atoms with Crippen molar-refractivity contribution in [1.82, 2.24) is 15.6 Å². The van der Waals surface area contributed by atoms with Gasteiger partial charge in [-0.25, -0.2) is 4.79 Å². The third-order valence-electron chi connectivity index (χ3n) is 5.65. The molecule has 1 fully saturated rings. The van der Waals surface area contributed by atoms with E-state index in [9.17, 15) is 4.79 Å². The Morgan fingerprint density at radius 2 is 1.89 bits per heavy atom. The quantitative estimate of drug-likeness (QED) is 0.842. The molecule has 1 saturated heterocycles. The molecule has 2 heterocycles. The number of nitrogens with zero attached hydrogens (tertiary/aromatic N) is 2. The highest BCUT2D eigenvalue weighted by atomic mass is 16.2. The first-order valence-electron chi connectivity index (χ1n) is 9.80. The van der Waals surface area contributed by atoms with Crippen molar-refractivity contribution in [1.29, 1.82) is 0 Å². The van der Waals surface area contributed by atoms with Crippen molar-refractivity contribution in [3.63, 3.8) is 0 Å². The molecule has 1 atom stereocenters. The molecule has 1 aliphatic heterocycles. The molecule has 1 unspecified atom stereocenters. The molecule has 3 rings (SSSR count). The first kappa shape index (κ1) is 19.2. The van der Waals surface area contributed by atoms with Crippen LogP contribution in [0.1, 0.15) is 42.5 Å². The van der Waals surface area contributed by atoms with Crippen molar-refractivity contribution >= 4 is 11.7 Å². The van der Waals surface area contributed by atoms with Crippen LogP contribution in [0.15, 0.2) is 42.7 Å². The molecule has 0 spiro atoms. The number of carbonyl (C=O) groups excluding carboxylic acids is 1. The second-order valence-corrected chi connectivity index (χ2v) is 7.50. The second-order valence-electron chi connectivity index (χ2n) is 7.50. The minimum atomic E-state index is -0.0834. The number of rotatable bonds is 5.